The predicted molar refractivity (Wildman–Crippen MR) is 90.1 cm³/mol. The van der Waals surface area contributed by atoms with Gasteiger partial charge in [-0.15, -0.1) is 0 Å². The minimum atomic E-state index is -0.670. The Morgan fingerprint density at radius 1 is 0.952 bits per heavy atom. The van der Waals surface area contributed by atoms with E-state index in [0.717, 1.165) is 25.8 Å². The highest BCUT2D eigenvalue weighted by Crippen LogP contribution is 2.33. The van der Waals surface area contributed by atoms with E-state index in [1.165, 1.54) is 0 Å². The largest absolute Gasteiger partial charge is 0.496 e. The molecular weight excluding hydrogens is 400 g/mol. The lowest BCUT2D eigenvalue weighted by molar-refractivity contribution is 0.173. The Hall–Kier alpha value is -1.04. The maximum atomic E-state index is 10.5. The van der Waals surface area contributed by atoms with Crippen LogP contribution >= 0.6 is 31.9 Å². The van der Waals surface area contributed by atoms with Crippen molar-refractivity contribution < 1.29 is 14.6 Å². The van der Waals surface area contributed by atoms with Gasteiger partial charge >= 0.3 is 0 Å². The van der Waals surface area contributed by atoms with Gasteiger partial charge in [-0.3, -0.25) is 0 Å². The summed E-state index contributed by atoms with van der Waals surface area (Å²) in [7, 11) is 3.22. The van der Waals surface area contributed by atoms with Crippen LogP contribution in [0.4, 0.5) is 0 Å². The summed E-state index contributed by atoms with van der Waals surface area (Å²) in [4.78, 5) is 0. The summed E-state index contributed by atoms with van der Waals surface area (Å²) in [5.41, 5.74) is 1.69. The molecule has 21 heavy (non-hydrogen) atoms. The first-order valence-corrected chi connectivity index (χ1v) is 7.97. The summed E-state index contributed by atoms with van der Waals surface area (Å²) < 4.78 is 12.5. The summed E-state index contributed by atoms with van der Waals surface area (Å²) in [5, 5.41) is 10.5. The molecule has 1 N–H and O–H groups in total. The van der Waals surface area contributed by atoms with Crippen LogP contribution in [0.5, 0.6) is 11.5 Å². The second kappa shape index (κ2) is 7.29. The summed E-state index contributed by atoms with van der Waals surface area (Å²) in [6.07, 6.45) is -0.225. The maximum absolute atomic E-state index is 10.5. The van der Waals surface area contributed by atoms with E-state index in [-0.39, 0.29) is 0 Å². The molecule has 2 rings (SSSR count). The molecule has 0 bridgehead atoms. The molecule has 0 aliphatic rings. The number of hydrogen-bond donors (Lipinski definition) is 1. The van der Waals surface area contributed by atoms with E-state index in [1.54, 1.807) is 14.2 Å². The zero-order valence-electron chi connectivity index (χ0n) is 11.8. The Balaban J connectivity index is 2.30. The standard InChI is InChI=1S/C16H16Br2O3/c1-20-15-6-4-11(17)7-10(15)8-14(19)13-5-3-12(18)9-16(13)21-2/h3-7,9,14,19H,8H2,1-2H3. The number of aliphatic hydroxyl groups excluding tert-OH is 1. The molecule has 0 saturated carbocycles. The molecule has 0 aliphatic heterocycles. The van der Waals surface area contributed by atoms with Gasteiger partial charge in [-0.1, -0.05) is 37.9 Å². The average Bonchev–Trinajstić information content (AvgIpc) is 2.47. The normalized spacial score (nSPS) is 12.0. The third-order valence-electron chi connectivity index (χ3n) is 3.21. The molecule has 0 aliphatic carbocycles. The highest BCUT2D eigenvalue weighted by molar-refractivity contribution is 9.10. The molecule has 0 radical (unpaired) electrons. The van der Waals surface area contributed by atoms with E-state index in [9.17, 15) is 5.11 Å². The van der Waals surface area contributed by atoms with E-state index in [2.05, 4.69) is 31.9 Å². The molecule has 1 atom stereocenters. The first kappa shape index (κ1) is 16.3. The molecule has 5 heteroatoms. The molecule has 0 heterocycles. The van der Waals surface area contributed by atoms with Crippen LogP contribution in [0, 0.1) is 0 Å². The van der Waals surface area contributed by atoms with Crippen molar-refractivity contribution in [3.05, 3.63) is 56.5 Å². The zero-order chi connectivity index (χ0) is 15.4. The number of methoxy groups -OCH3 is 2. The van der Waals surface area contributed by atoms with Crippen molar-refractivity contribution in [2.75, 3.05) is 14.2 Å². The highest BCUT2D eigenvalue weighted by atomic mass is 79.9. The van der Waals surface area contributed by atoms with E-state index < -0.39 is 6.10 Å². The van der Waals surface area contributed by atoms with Crippen LogP contribution in [0.2, 0.25) is 0 Å². The van der Waals surface area contributed by atoms with Crippen LogP contribution in [0.25, 0.3) is 0 Å². The van der Waals surface area contributed by atoms with Crippen LogP contribution in [-0.4, -0.2) is 19.3 Å². The first-order chi connectivity index (χ1) is 10.0. The molecule has 112 valence electrons. The van der Waals surface area contributed by atoms with Gasteiger partial charge in [0.25, 0.3) is 0 Å². The SMILES string of the molecule is COc1ccc(Br)cc1CC(O)c1ccc(Br)cc1OC. The molecule has 0 saturated heterocycles. The molecule has 2 aromatic rings. The van der Waals surface area contributed by atoms with Gasteiger partial charge in [0.15, 0.2) is 0 Å². The summed E-state index contributed by atoms with van der Waals surface area (Å²) in [5.74, 6) is 1.42. The first-order valence-electron chi connectivity index (χ1n) is 6.39. The van der Waals surface area contributed by atoms with Gasteiger partial charge < -0.3 is 14.6 Å². The van der Waals surface area contributed by atoms with Crippen molar-refractivity contribution in [2.24, 2.45) is 0 Å². The number of halogens is 2. The topological polar surface area (TPSA) is 38.7 Å². The lowest BCUT2D eigenvalue weighted by atomic mass is 10.00. The predicted octanol–water partition coefficient (Wildman–Crippen LogP) is 4.50. The van der Waals surface area contributed by atoms with Gasteiger partial charge in [0.1, 0.15) is 11.5 Å². The van der Waals surface area contributed by atoms with Crippen molar-refractivity contribution in [2.45, 2.75) is 12.5 Å². The molecule has 0 amide bonds. The number of rotatable bonds is 5. The van der Waals surface area contributed by atoms with Gasteiger partial charge in [-0.05, 0) is 35.9 Å². The second-order valence-corrected chi connectivity index (χ2v) is 6.39. The fourth-order valence-corrected chi connectivity index (χ4v) is 2.93. The Bertz CT molecular complexity index is 629. The van der Waals surface area contributed by atoms with Gasteiger partial charge in [0.05, 0.1) is 20.3 Å². The lowest BCUT2D eigenvalue weighted by Crippen LogP contribution is -2.05. The summed E-state index contributed by atoms with van der Waals surface area (Å²) >= 11 is 6.84. The third kappa shape index (κ3) is 3.99. The Kier molecular flexibility index (Phi) is 5.67. The van der Waals surface area contributed by atoms with Gasteiger partial charge in [0, 0.05) is 20.9 Å². The van der Waals surface area contributed by atoms with Crippen molar-refractivity contribution in [3.63, 3.8) is 0 Å². The third-order valence-corrected chi connectivity index (χ3v) is 4.20. The number of aliphatic hydroxyl groups is 1. The Labute approximate surface area is 141 Å². The Morgan fingerprint density at radius 2 is 1.57 bits per heavy atom. The number of ether oxygens (including phenoxy) is 2. The van der Waals surface area contributed by atoms with E-state index in [0.29, 0.717) is 12.2 Å². The van der Waals surface area contributed by atoms with E-state index >= 15 is 0 Å². The molecular formula is C16H16Br2O3. The quantitative estimate of drug-likeness (QED) is 0.780. The summed E-state index contributed by atoms with van der Waals surface area (Å²) in [6.45, 7) is 0. The molecule has 1 unspecified atom stereocenters. The van der Waals surface area contributed by atoms with Crippen LogP contribution < -0.4 is 9.47 Å². The smallest absolute Gasteiger partial charge is 0.125 e. The van der Waals surface area contributed by atoms with Crippen LogP contribution in [0.3, 0.4) is 0 Å². The summed E-state index contributed by atoms with van der Waals surface area (Å²) in [6, 6.07) is 11.3. The van der Waals surface area contributed by atoms with Crippen molar-refractivity contribution in [3.8, 4) is 11.5 Å². The van der Waals surface area contributed by atoms with Crippen molar-refractivity contribution in [1.82, 2.24) is 0 Å². The second-order valence-electron chi connectivity index (χ2n) is 4.56. The van der Waals surface area contributed by atoms with Crippen LogP contribution in [0.1, 0.15) is 17.2 Å². The van der Waals surface area contributed by atoms with E-state index in [4.69, 9.17) is 9.47 Å². The molecule has 0 spiro atoms. The average molecular weight is 416 g/mol. The fraction of sp³-hybridized carbons (Fsp3) is 0.250. The van der Waals surface area contributed by atoms with Crippen molar-refractivity contribution in [1.29, 1.82) is 0 Å². The number of benzene rings is 2. The maximum Gasteiger partial charge on any atom is 0.125 e. The van der Waals surface area contributed by atoms with Crippen LogP contribution in [-0.2, 0) is 6.42 Å². The van der Waals surface area contributed by atoms with Gasteiger partial charge in [-0.25, -0.2) is 0 Å². The molecule has 2 aromatic carbocycles. The van der Waals surface area contributed by atoms with Crippen LogP contribution in [0.15, 0.2) is 45.3 Å². The van der Waals surface area contributed by atoms with Gasteiger partial charge in [0.2, 0.25) is 0 Å². The molecule has 0 fully saturated rings. The van der Waals surface area contributed by atoms with E-state index in [1.807, 2.05) is 36.4 Å². The highest BCUT2D eigenvalue weighted by Gasteiger charge is 2.16. The fourth-order valence-electron chi connectivity index (χ4n) is 2.19. The van der Waals surface area contributed by atoms with Gasteiger partial charge in [-0.2, -0.15) is 0 Å². The van der Waals surface area contributed by atoms with Crippen molar-refractivity contribution >= 4 is 31.9 Å². The minimum Gasteiger partial charge on any atom is -0.496 e. The minimum absolute atomic E-state index is 0.445. The lowest BCUT2D eigenvalue weighted by Gasteiger charge is -2.17. The molecule has 3 nitrogen and oxygen atoms in total. The monoisotopic (exact) mass is 414 g/mol. The number of hydrogen-bond acceptors (Lipinski definition) is 3. The Morgan fingerprint density at radius 3 is 2.24 bits per heavy atom. The molecule has 0 aromatic heterocycles. The zero-order valence-corrected chi connectivity index (χ0v) is 14.9.